The molecule has 0 aliphatic carbocycles. The molecule has 10 heteroatoms. The molecule has 2 aromatic carbocycles. The molecule has 2 aliphatic heterocycles. The van der Waals surface area contributed by atoms with Crippen molar-refractivity contribution < 1.29 is 27.5 Å². The molecule has 1 aromatic heterocycles. The molecule has 5 rings (SSSR count). The van der Waals surface area contributed by atoms with E-state index in [2.05, 4.69) is 5.10 Å². The first kappa shape index (κ1) is 23.9. The highest BCUT2D eigenvalue weighted by Gasteiger charge is 2.40. The third-order valence-corrected chi connectivity index (χ3v) is 6.20. The Morgan fingerprint density at radius 1 is 1.06 bits per heavy atom. The number of halogens is 3. The van der Waals surface area contributed by atoms with Crippen molar-refractivity contribution in [3.63, 3.8) is 0 Å². The fourth-order valence-corrected chi connectivity index (χ4v) is 4.60. The number of ether oxygens (including phenoxy) is 1. The maximum atomic E-state index is 14.0. The molecular weight excluding hydrogens is 473 g/mol. The van der Waals surface area contributed by atoms with Gasteiger partial charge in [0.2, 0.25) is 0 Å². The molecule has 0 atom stereocenters. The average Bonchev–Trinajstić information content (AvgIpc) is 3.47. The lowest BCUT2D eigenvalue weighted by molar-refractivity contribution is -0.138. The van der Waals surface area contributed by atoms with Crippen LogP contribution in [-0.2, 0) is 37.1 Å². The van der Waals surface area contributed by atoms with Crippen LogP contribution >= 0.6 is 0 Å². The zero-order valence-electron chi connectivity index (χ0n) is 20.1. The topological polar surface area (TPSA) is 67.7 Å². The summed E-state index contributed by atoms with van der Waals surface area (Å²) < 4.78 is 49.1. The van der Waals surface area contributed by atoms with Gasteiger partial charge in [0.25, 0.3) is 5.91 Å². The smallest absolute Gasteiger partial charge is 0.416 e. The SMILES string of the molecule is CC(C)(C)OC(=O)N1Cc2cnn(Cc3cc4c(c(C(F)(F)F)c3)CN(c3ccccc3)C4=O)c2C1. The van der Waals surface area contributed by atoms with Gasteiger partial charge in [-0.3, -0.25) is 14.4 Å². The zero-order valence-corrected chi connectivity index (χ0v) is 20.1. The number of anilines is 1. The first-order valence-electron chi connectivity index (χ1n) is 11.5. The van der Waals surface area contributed by atoms with E-state index in [0.717, 1.165) is 17.3 Å². The molecule has 7 nitrogen and oxygen atoms in total. The lowest BCUT2D eigenvalue weighted by Crippen LogP contribution is -2.33. The number of para-hydroxylation sites is 1. The highest BCUT2D eigenvalue weighted by molar-refractivity contribution is 6.10. The zero-order chi connectivity index (χ0) is 25.8. The quantitative estimate of drug-likeness (QED) is 0.488. The van der Waals surface area contributed by atoms with Crippen LogP contribution in [0.15, 0.2) is 48.7 Å². The maximum absolute atomic E-state index is 14.0. The van der Waals surface area contributed by atoms with Gasteiger partial charge >= 0.3 is 12.3 Å². The summed E-state index contributed by atoms with van der Waals surface area (Å²) in [6.45, 7) is 5.78. The van der Waals surface area contributed by atoms with E-state index in [1.807, 2.05) is 0 Å². The summed E-state index contributed by atoms with van der Waals surface area (Å²) in [5.41, 5.74) is 0.949. The minimum Gasteiger partial charge on any atom is -0.444 e. The summed E-state index contributed by atoms with van der Waals surface area (Å²) in [5.74, 6) is -0.467. The van der Waals surface area contributed by atoms with Crippen molar-refractivity contribution in [3.05, 3.63) is 82.2 Å². The molecule has 0 fully saturated rings. The van der Waals surface area contributed by atoms with Gasteiger partial charge in [-0.1, -0.05) is 18.2 Å². The van der Waals surface area contributed by atoms with E-state index < -0.39 is 29.3 Å². The lowest BCUT2D eigenvalue weighted by Gasteiger charge is -2.24. The van der Waals surface area contributed by atoms with Gasteiger partial charge in [-0.2, -0.15) is 18.3 Å². The molecule has 2 aliphatic rings. The molecule has 0 unspecified atom stereocenters. The summed E-state index contributed by atoms with van der Waals surface area (Å²) >= 11 is 0. The molecule has 0 saturated carbocycles. The van der Waals surface area contributed by atoms with Gasteiger partial charge in [-0.15, -0.1) is 0 Å². The van der Waals surface area contributed by atoms with Crippen LogP contribution in [0.1, 0.15) is 59.1 Å². The number of benzene rings is 2. The summed E-state index contributed by atoms with van der Waals surface area (Å²) in [6, 6.07) is 11.3. The number of rotatable bonds is 3. The number of hydrogen-bond acceptors (Lipinski definition) is 4. The van der Waals surface area contributed by atoms with Crippen LogP contribution in [0.25, 0.3) is 0 Å². The number of fused-ring (bicyclic) bond motifs is 2. The third-order valence-electron chi connectivity index (χ3n) is 6.20. The Morgan fingerprint density at radius 3 is 2.44 bits per heavy atom. The van der Waals surface area contributed by atoms with Gasteiger partial charge in [-0.25, -0.2) is 4.79 Å². The Morgan fingerprint density at radius 2 is 1.78 bits per heavy atom. The van der Waals surface area contributed by atoms with Crippen LogP contribution < -0.4 is 4.90 Å². The van der Waals surface area contributed by atoms with Gasteiger partial charge in [-0.05, 0) is 56.2 Å². The maximum Gasteiger partial charge on any atom is 0.416 e. The van der Waals surface area contributed by atoms with Crippen molar-refractivity contribution in [3.8, 4) is 0 Å². The van der Waals surface area contributed by atoms with Crippen molar-refractivity contribution in [2.24, 2.45) is 0 Å². The Kier molecular flexibility index (Phi) is 5.57. The molecule has 0 N–H and O–H groups in total. The second kappa shape index (κ2) is 8.39. The highest BCUT2D eigenvalue weighted by Crippen LogP contribution is 2.39. The van der Waals surface area contributed by atoms with Crippen molar-refractivity contribution in [2.75, 3.05) is 4.90 Å². The van der Waals surface area contributed by atoms with Crippen molar-refractivity contribution >= 4 is 17.7 Å². The van der Waals surface area contributed by atoms with Gasteiger partial charge in [0.1, 0.15) is 5.60 Å². The van der Waals surface area contributed by atoms with E-state index in [9.17, 15) is 22.8 Å². The number of amides is 2. The van der Waals surface area contributed by atoms with Crippen molar-refractivity contribution in [1.82, 2.24) is 14.7 Å². The van der Waals surface area contributed by atoms with E-state index >= 15 is 0 Å². The van der Waals surface area contributed by atoms with Gasteiger partial charge in [0, 0.05) is 16.8 Å². The van der Waals surface area contributed by atoms with Crippen molar-refractivity contribution in [1.29, 1.82) is 0 Å². The van der Waals surface area contributed by atoms with E-state index in [0.29, 0.717) is 17.8 Å². The summed E-state index contributed by atoms with van der Waals surface area (Å²) in [6.07, 6.45) is -3.47. The number of alkyl halides is 3. The lowest BCUT2D eigenvalue weighted by atomic mass is 9.99. The minimum absolute atomic E-state index is 0.0260. The number of hydrogen-bond donors (Lipinski definition) is 0. The molecule has 0 saturated heterocycles. The van der Waals surface area contributed by atoms with Gasteiger partial charge in [0.05, 0.1) is 43.6 Å². The van der Waals surface area contributed by atoms with Crippen LogP contribution in [0.2, 0.25) is 0 Å². The summed E-state index contributed by atoms with van der Waals surface area (Å²) in [5, 5.41) is 4.33. The van der Waals surface area contributed by atoms with Crippen LogP contribution in [0, 0.1) is 0 Å². The molecule has 188 valence electrons. The predicted octanol–water partition coefficient (Wildman–Crippen LogP) is 5.36. The normalized spacial score (nSPS) is 15.3. The second-order valence-corrected chi connectivity index (χ2v) is 10.0. The Hall–Kier alpha value is -3.82. The fourth-order valence-electron chi connectivity index (χ4n) is 4.60. The van der Waals surface area contributed by atoms with E-state index in [4.69, 9.17) is 4.74 Å². The fraction of sp³-hybridized carbons (Fsp3) is 0.346. The number of carbonyl (C=O) groups excluding carboxylic acids is 2. The van der Waals surface area contributed by atoms with Gasteiger partial charge in [0.15, 0.2) is 0 Å². The molecular formula is C26H25F3N4O3. The molecule has 3 heterocycles. The molecule has 0 radical (unpaired) electrons. The molecule has 0 bridgehead atoms. The first-order valence-corrected chi connectivity index (χ1v) is 11.5. The summed E-state index contributed by atoms with van der Waals surface area (Å²) in [7, 11) is 0. The minimum atomic E-state index is -4.62. The molecule has 36 heavy (non-hydrogen) atoms. The van der Waals surface area contributed by atoms with Crippen LogP contribution in [0.4, 0.5) is 23.7 Å². The standard InChI is InChI=1S/C26H25F3N4O3/c1-25(2,3)36-24(35)31-13-17-11-30-33(22(17)15-31)12-16-9-19-20(21(10-16)26(27,28)29)14-32(23(19)34)18-7-5-4-6-8-18/h4-11H,12-15H2,1-3H3. The average molecular weight is 499 g/mol. The van der Waals surface area contributed by atoms with Crippen LogP contribution in [0.5, 0.6) is 0 Å². The van der Waals surface area contributed by atoms with Gasteiger partial charge < -0.3 is 9.64 Å². The highest BCUT2D eigenvalue weighted by atomic mass is 19.4. The molecule has 0 spiro atoms. The van der Waals surface area contributed by atoms with Crippen LogP contribution in [-0.4, -0.2) is 32.3 Å². The second-order valence-electron chi connectivity index (χ2n) is 10.0. The number of aromatic nitrogens is 2. The largest absolute Gasteiger partial charge is 0.444 e. The Bertz CT molecular complexity index is 1340. The number of nitrogens with zero attached hydrogens (tertiary/aromatic N) is 4. The molecule has 3 aromatic rings. The van der Waals surface area contributed by atoms with E-state index in [1.54, 1.807) is 62.0 Å². The first-order chi connectivity index (χ1) is 16.9. The third kappa shape index (κ3) is 4.43. The van der Waals surface area contributed by atoms with Crippen LogP contribution in [0.3, 0.4) is 0 Å². The van der Waals surface area contributed by atoms with Crippen molar-refractivity contribution in [2.45, 2.75) is 58.7 Å². The molecule has 2 amide bonds. The van der Waals surface area contributed by atoms with E-state index in [-0.39, 0.29) is 30.8 Å². The predicted molar refractivity (Wildman–Crippen MR) is 125 cm³/mol. The summed E-state index contributed by atoms with van der Waals surface area (Å²) in [4.78, 5) is 28.5. The van der Waals surface area contributed by atoms with E-state index in [1.165, 1.54) is 15.9 Å². The number of carbonyl (C=O) groups is 2. The monoisotopic (exact) mass is 498 g/mol. The Balaban J connectivity index is 1.44. The Labute approximate surface area is 206 Å².